The zero-order valence-electron chi connectivity index (χ0n) is 14.3. The number of fused-ring (bicyclic) bond motifs is 1. The average Bonchev–Trinajstić information content (AvgIpc) is 3.26. The molecule has 3 atom stereocenters. The average molecular weight is 395 g/mol. The van der Waals surface area contributed by atoms with Crippen LogP contribution in [0.15, 0.2) is 17.5 Å². The molecule has 140 valence electrons. The summed E-state index contributed by atoms with van der Waals surface area (Å²) in [6.45, 7) is 0.969. The molecule has 1 saturated heterocycles. The Hall–Kier alpha value is -1.64. The van der Waals surface area contributed by atoms with Crippen LogP contribution in [-0.2, 0) is 9.53 Å². The first-order chi connectivity index (χ1) is 12.6. The van der Waals surface area contributed by atoms with Gasteiger partial charge >= 0.3 is 6.09 Å². The second-order valence-electron chi connectivity index (χ2n) is 6.93. The fraction of sp³-hybridized carbons (Fsp3) is 0.556. The Labute approximate surface area is 159 Å². The van der Waals surface area contributed by atoms with Crippen LogP contribution >= 0.6 is 22.7 Å². The second kappa shape index (κ2) is 7.54. The van der Waals surface area contributed by atoms with E-state index in [4.69, 9.17) is 4.74 Å². The van der Waals surface area contributed by atoms with Gasteiger partial charge in [-0.3, -0.25) is 9.69 Å². The molecule has 0 aromatic carbocycles. The molecule has 1 saturated carbocycles. The summed E-state index contributed by atoms with van der Waals surface area (Å²) in [6, 6.07) is 3.80. The van der Waals surface area contributed by atoms with Gasteiger partial charge in [0, 0.05) is 33.5 Å². The van der Waals surface area contributed by atoms with E-state index in [0.29, 0.717) is 25.5 Å². The Morgan fingerprint density at radius 1 is 1.31 bits per heavy atom. The highest BCUT2D eigenvalue weighted by Gasteiger charge is 2.35. The molecule has 6 nitrogen and oxygen atoms in total. The molecule has 0 bridgehead atoms. The molecule has 2 aliphatic rings. The quantitative estimate of drug-likeness (QED) is 0.835. The third kappa shape index (κ3) is 3.58. The Kier molecular flexibility index (Phi) is 5.15. The number of carbonyl (C=O) groups is 2. The van der Waals surface area contributed by atoms with Crippen molar-refractivity contribution in [3.8, 4) is 0 Å². The van der Waals surface area contributed by atoms with E-state index in [1.54, 1.807) is 11.3 Å². The fourth-order valence-corrected chi connectivity index (χ4v) is 6.14. The minimum atomic E-state index is -1.06. The van der Waals surface area contributed by atoms with Crippen molar-refractivity contribution < 1.29 is 19.4 Å². The van der Waals surface area contributed by atoms with Gasteiger partial charge in [-0.25, -0.2) is 4.79 Å². The van der Waals surface area contributed by atoms with E-state index in [2.05, 4.69) is 22.8 Å². The summed E-state index contributed by atoms with van der Waals surface area (Å²) >= 11 is 3.62. The van der Waals surface area contributed by atoms with Crippen molar-refractivity contribution in [3.63, 3.8) is 0 Å². The zero-order valence-corrected chi connectivity index (χ0v) is 16.0. The van der Waals surface area contributed by atoms with Crippen molar-refractivity contribution in [1.29, 1.82) is 0 Å². The number of nitrogens with one attached hydrogen (secondary N) is 1. The van der Waals surface area contributed by atoms with Crippen LogP contribution in [-0.4, -0.2) is 53.8 Å². The summed E-state index contributed by atoms with van der Waals surface area (Å²) in [4.78, 5) is 26.7. The molecule has 2 aromatic rings. The van der Waals surface area contributed by atoms with Crippen molar-refractivity contribution in [3.05, 3.63) is 22.4 Å². The number of amides is 2. The third-order valence-electron chi connectivity index (χ3n) is 5.23. The van der Waals surface area contributed by atoms with Gasteiger partial charge in [0.05, 0.1) is 6.61 Å². The maximum Gasteiger partial charge on any atom is 0.408 e. The Bertz CT molecular complexity index is 774. The van der Waals surface area contributed by atoms with E-state index in [9.17, 15) is 14.7 Å². The maximum absolute atomic E-state index is 12.7. The highest BCUT2D eigenvalue weighted by Crippen LogP contribution is 2.41. The lowest BCUT2D eigenvalue weighted by atomic mass is 10.1. The van der Waals surface area contributed by atoms with E-state index in [1.165, 1.54) is 19.2 Å². The molecule has 2 N–H and O–H groups in total. The van der Waals surface area contributed by atoms with Gasteiger partial charge in [-0.1, -0.05) is 0 Å². The first kappa shape index (κ1) is 17.8. The molecule has 1 aliphatic heterocycles. The number of hydrogen-bond donors (Lipinski definition) is 2. The first-order valence-electron chi connectivity index (χ1n) is 8.96. The number of nitrogens with zero attached hydrogens (tertiary/aromatic N) is 1. The Balaban J connectivity index is 1.38. The monoisotopic (exact) mass is 394 g/mol. The van der Waals surface area contributed by atoms with Gasteiger partial charge in [0.2, 0.25) is 5.91 Å². The van der Waals surface area contributed by atoms with Crippen LogP contribution in [0.3, 0.4) is 0 Å². The van der Waals surface area contributed by atoms with Crippen molar-refractivity contribution in [2.45, 2.75) is 43.7 Å². The minimum absolute atomic E-state index is 0.103. The molecule has 3 unspecified atom stereocenters. The maximum atomic E-state index is 12.7. The van der Waals surface area contributed by atoms with E-state index in [-0.39, 0.29) is 18.6 Å². The van der Waals surface area contributed by atoms with E-state index < -0.39 is 12.1 Å². The zero-order chi connectivity index (χ0) is 18.1. The highest BCUT2D eigenvalue weighted by molar-refractivity contribution is 7.26. The largest absolute Gasteiger partial charge is 0.465 e. The van der Waals surface area contributed by atoms with Crippen LogP contribution in [0.5, 0.6) is 0 Å². The molecular formula is C18H22N2O4S2. The summed E-state index contributed by atoms with van der Waals surface area (Å²) in [5.41, 5.74) is 0. The predicted octanol–water partition coefficient (Wildman–Crippen LogP) is 3.48. The number of thiophene rings is 2. The lowest BCUT2D eigenvalue weighted by Crippen LogP contribution is -2.52. The summed E-state index contributed by atoms with van der Waals surface area (Å²) in [5, 5.41) is 14.6. The SMILES string of the molecule is O=C(NC1CCC(c2cc3sccc3s2)C1)C1COCCCN1C(=O)O. The number of rotatable bonds is 3. The summed E-state index contributed by atoms with van der Waals surface area (Å²) in [6.07, 6.45) is 2.47. The normalized spacial score (nSPS) is 26.8. The Morgan fingerprint density at radius 3 is 3.00 bits per heavy atom. The molecule has 3 heterocycles. The fourth-order valence-electron chi connectivity index (χ4n) is 3.88. The van der Waals surface area contributed by atoms with Crippen molar-refractivity contribution in [2.24, 2.45) is 0 Å². The third-order valence-corrected chi connectivity index (χ3v) is 7.48. The van der Waals surface area contributed by atoms with Gasteiger partial charge < -0.3 is 15.2 Å². The van der Waals surface area contributed by atoms with Crippen molar-refractivity contribution in [1.82, 2.24) is 10.2 Å². The van der Waals surface area contributed by atoms with Crippen LogP contribution in [0.4, 0.5) is 4.79 Å². The first-order valence-corrected chi connectivity index (χ1v) is 10.7. The molecule has 2 aromatic heterocycles. The van der Waals surface area contributed by atoms with Gasteiger partial charge in [-0.05, 0) is 49.1 Å². The summed E-state index contributed by atoms with van der Waals surface area (Å²) < 4.78 is 8.10. The lowest BCUT2D eigenvalue weighted by molar-refractivity contribution is -0.127. The molecule has 1 aliphatic carbocycles. The number of hydrogen-bond acceptors (Lipinski definition) is 5. The van der Waals surface area contributed by atoms with Gasteiger partial charge in [0.1, 0.15) is 6.04 Å². The van der Waals surface area contributed by atoms with Crippen molar-refractivity contribution >= 4 is 44.1 Å². The molecule has 8 heteroatoms. The topological polar surface area (TPSA) is 78.9 Å². The van der Waals surface area contributed by atoms with Crippen LogP contribution in [0.1, 0.15) is 36.5 Å². The lowest BCUT2D eigenvalue weighted by Gasteiger charge is -2.27. The van der Waals surface area contributed by atoms with E-state index in [0.717, 1.165) is 19.3 Å². The molecule has 26 heavy (non-hydrogen) atoms. The summed E-state index contributed by atoms with van der Waals surface area (Å²) in [5.74, 6) is 0.248. The van der Waals surface area contributed by atoms with Crippen LogP contribution in [0.25, 0.3) is 9.40 Å². The summed E-state index contributed by atoms with van der Waals surface area (Å²) in [7, 11) is 0. The predicted molar refractivity (Wildman–Crippen MR) is 102 cm³/mol. The standard InChI is InChI=1S/C18H22N2O4S2/c21-17(13-10-24-6-1-5-20(13)18(22)23)19-12-3-2-11(8-12)15-9-16-14(26-15)4-7-25-16/h4,7,9,11-13H,1-3,5-6,8,10H2,(H,19,21)(H,22,23). The molecule has 0 radical (unpaired) electrons. The van der Waals surface area contributed by atoms with Gasteiger partial charge in [-0.2, -0.15) is 0 Å². The molecular weight excluding hydrogens is 372 g/mol. The van der Waals surface area contributed by atoms with Crippen molar-refractivity contribution in [2.75, 3.05) is 19.8 Å². The number of carbonyl (C=O) groups excluding carboxylic acids is 1. The minimum Gasteiger partial charge on any atom is -0.465 e. The van der Waals surface area contributed by atoms with Gasteiger partial charge in [-0.15, -0.1) is 22.7 Å². The van der Waals surface area contributed by atoms with E-state index >= 15 is 0 Å². The number of ether oxygens (including phenoxy) is 1. The smallest absolute Gasteiger partial charge is 0.408 e. The van der Waals surface area contributed by atoms with Crippen LogP contribution in [0.2, 0.25) is 0 Å². The van der Waals surface area contributed by atoms with Crippen LogP contribution in [0, 0.1) is 0 Å². The Morgan fingerprint density at radius 2 is 2.19 bits per heavy atom. The highest BCUT2D eigenvalue weighted by atomic mass is 32.1. The van der Waals surface area contributed by atoms with E-state index in [1.807, 2.05) is 11.3 Å². The van der Waals surface area contributed by atoms with Gasteiger partial charge in [0.15, 0.2) is 0 Å². The molecule has 4 rings (SSSR count). The molecule has 2 amide bonds. The van der Waals surface area contributed by atoms with Gasteiger partial charge in [0.25, 0.3) is 0 Å². The van der Waals surface area contributed by atoms with Crippen LogP contribution < -0.4 is 5.32 Å². The molecule has 0 spiro atoms. The number of carboxylic acid groups (broad SMARTS) is 1. The second-order valence-corrected chi connectivity index (χ2v) is 9.00. The molecule has 2 fully saturated rings.